The molecule has 1 aromatic heterocycles. The molecule has 82 valence electrons. The molecule has 1 nitrogen and oxygen atoms in total. The van der Waals surface area contributed by atoms with E-state index in [1.54, 1.807) is 18.3 Å². The molecule has 2 aromatic rings. The lowest BCUT2D eigenvalue weighted by Gasteiger charge is -2.02. The highest BCUT2D eigenvalue weighted by atomic mass is 79.9. The molecule has 3 heteroatoms. The summed E-state index contributed by atoms with van der Waals surface area (Å²) >= 11 is 3.38. The second kappa shape index (κ2) is 5.21. The highest BCUT2D eigenvalue weighted by Crippen LogP contribution is 2.12. The van der Waals surface area contributed by atoms with Gasteiger partial charge < -0.3 is 0 Å². The number of aryl methyl sites for hydroxylation is 2. The molecule has 0 spiro atoms. The average molecular weight is 280 g/mol. The smallest absolute Gasteiger partial charge is 0.123 e. The largest absolute Gasteiger partial charge is 0.263 e. The van der Waals surface area contributed by atoms with Crippen molar-refractivity contribution in [1.29, 1.82) is 0 Å². The lowest BCUT2D eigenvalue weighted by molar-refractivity contribution is 0.625. The predicted molar refractivity (Wildman–Crippen MR) is 65.7 cm³/mol. The molecule has 0 N–H and O–H groups in total. The zero-order valence-corrected chi connectivity index (χ0v) is 10.2. The number of benzene rings is 1. The molecular weight excluding hydrogens is 269 g/mol. The first kappa shape index (κ1) is 11.3. The molecule has 0 amide bonds. The van der Waals surface area contributed by atoms with Crippen molar-refractivity contribution in [2.24, 2.45) is 0 Å². The quantitative estimate of drug-likeness (QED) is 0.834. The molecule has 2 rings (SSSR count). The molecular formula is C13H11BrFN. The van der Waals surface area contributed by atoms with E-state index in [-0.39, 0.29) is 5.82 Å². The summed E-state index contributed by atoms with van der Waals surface area (Å²) in [5.41, 5.74) is 2.17. The van der Waals surface area contributed by atoms with Crippen LogP contribution in [0, 0.1) is 5.82 Å². The highest BCUT2D eigenvalue weighted by Gasteiger charge is 1.98. The van der Waals surface area contributed by atoms with Crippen LogP contribution in [0.3, 0.4) is 0 Å². The van der Waals surface area contributed by atoms with Crippen LogP contribution in [0.25, 0.3) is 0 Å². The van der Waals surface area contributed by atoms with Crippen LogP contribution >= 0.6 is 15.9 Å². The van der Waals surface area contributed by atoms with Gasteiger partial charge in [0.05, 0.1) is 0 Å². The number of hydrogen-bond acceptors (Lipinski definition) is 1. The molecule has 0 unspecified atom stereocenters. The van der Waals surface area contributed by atoms with Crippen molar-refractivity contribution >= 4 is 15.9 Å². The van der Waals surface area contributed by atoms with Crippen LogP contribution in [0.2, 0.25) is 0 Å². The number of halogens is 2. The fourth-order valence-corrected chi connectivity index (χ4v) is 1.99. The number of nitrogens with zero attached hydrogens (tertiary/aromatic N) is 1. The Hall–Kier alpha value is -1.22. The molecule has 0 saturated heterocycles. The van der Waals surface area contributed by atoms with Crippen LogP contribution in [0.5, 0.6) is 0 Å². The number of aromatic nitrogens is 1. The molecule has 0 aliphatic carbocycles. The van der Waals surface area contributed by atoms with Gasteiger partial charge in [0.1, 0.15) is 5.82 Å². The minimum absolute atomic E-state index is 0.176. The maximum atomic E-state index is 12.9. The first-order chi connectivity index (χ1) is 7.74. The van der Waals surface area contributed by atoms with Gasteiger partial charge in [-0.2, -0.15) is 0 Å². The fourth-order valence-electron chi connectivity index (χ4n) is 1.57. The second-order valence-corrected chi connectivity index (χ2v) is 4.56. The summed E-state index contributed by atoms with van der Waals surface area (Å²) < 4.78 is 13.9. The van der Waals surface area contributed by atoms with E-state index in [1.807, 2.05) is 18.3 Å². The van der Waals surface area contributed by atoms with Gasteiger partial charge in [0.25, 0.3) is 0 Å². The normalized spacial score (nSPS) is 10.4. The summed E-state index contributed by atoms with van der Waals surface area (Å²) in [5, 5.41) is 0. The van der Waals surface area contributed by atoms with E-state index in [2.05, 4.69) is 20.9 Å². The van der Waals surface area contributed by atoms with Crippen molar-refractivity contribution in [1.82, 2.24) is 4.98 Å². The Morgan fingerprint density at radius 2 is 1.88 bits per heavy atom. The average Bonchev–Trinajstić information content (AvgIpc) is 2.27. The Morgan fingerprint density at radius 1 is 1.06 bits per heavy atom. The van der Waals surface area contributed by atoms with E-state index >= 15 is 0 Å². The monoisotopic (exact) mass is 279 g/mol. The minimum atomic E-state index is -0.176. The summed E-state index contributed by atoms with van der Waals surface area (Å²) in [4.78, 5) is 4.09. The van der Waals surface area contributed by atoms with Crippen molar-refractivity contribution in [3.8, 4) is 0 Å². The third-order valence-electron chi connectivity index (χ3n) is 2.35. The Kier molecular flexibility index (Phi) is 3.67. The molecule has 0 saturated carbocycles. The second-order valence-electron chi connectivity index (χ2n) is 3.64. The molecule has 0 aliphatic heterocycles. The van der Waals surface area contributed by atoms with Crippen LogP contribution in [-0.4, -0.2) is 4.98 Å². The number of pyridine rings is 1. The van der Waals surface area contributed by atoms with Gasteiger partial charge in [-0.15, -0.1) is 0 Å². The summed E-state index contributed by atoms with van der Waals surface area (Å²) in [5.74, 6) is -0.176. The highest BCUT2D eigenvalue weighted by molar-refractivity contribution is 9.10. The van der Waals surface area contributed by atoms with Crippen LogP contribution in [0.4, 0.5) is 4.39 Å². The van der Waals surface area contributed by atoms with Gasteiger partial charge in [-0.25, -0.2) is 4.39 Å². The maximum Gasteiger partial charge on any atom is 0.123 e. The minimum Gasteiger partial charge on any atom is -0.263 e. The van der Waals surface area contributed by atoms with E-state index in [9.17, 15) is 4.39 Å². The molecule has 1 heterocycles. The third-order valence-corrected chi connectivity index (χ3v) is 2.79. The van der Waals surface area contributed by atoms with Gasteiger partial charge in [-0.1, -0.05) is 12.1 Å². The first-order valence-electron chi connectivity index (χ1n) is 5.08. The fraction of sp³-hybridized carbons (Fsp3) is 0.154. The summed E-state index contributed by atoms with van der Waals surface area (Å²) in [6.45, 7) is 0. The van der Waals surface area contributed by atoms with E-state index in [0.29, 0.717) is 0 Å². The summed E-state index contributed by atoms with van der Waals surface area (Å²) in [6.07, 6.45) is 5.29. The van der Waals surface area contributed by atoms with Gasteiger partial charge in [-0.05, 0) is 58.1 Å². The zero-order chi connectivity index (χ0) is 11.4. The number of hydrogen-bond donors (Lipinski definition) is 0. The van der Waals surface area contributed by atoms with E-state index in [0.717, 1.165) is 28.4 Å². The Balaban J connectivity index is 2.02. The molecule has 0 atom stereocenters. The topological polar surface area (TPSA) is 12.9 Å². The lowest BCUT2D eigenvalue weighted by Crippen LogP contribution is -1.92. The number of rotatable bonds is 3. The van der Waals surface area contributed by atoms with Crippen molar-refractivity contribution in [2.45, 2.75) is 12.8 Å². The zero-order valence-electron chi connectivity index (χ0n) is 8.66. The lowest BCUT2D eigenvalue weighted by atomic mass is 10.1. The molecule has 0 bridgehead atoms. The van der Waals surface area contributed by atoms with Gasteiger partial charge in [0.2, 0.25) is 0 Å². The van der Waals surface area contributed by atoms with Crippen LogP contribution in [0.1, 0.15) is 11.1 Å². The Labute approximate surface area is 102 Å². The maximum absolute atomic E-state index is 12.9. The van der Waals surface area contributed by atoms with Crippen LogP contribution < -0.4 is 0 Å². The van der Waals surface area contributed by atoms with Crippen molar-refractivity contribution in [2.75, 3.05) is 0 Å². The Morgan fingerprint density at radius 3 is 2.62 bits per heavy atom. The molecule has 0 radical (unpaired) electrons. The molecule has 0 aliphatic rings. The molecule has 1 aromatic carbocycles. The van der Waals surface area contributed by atoms with Gasteiger partial charge in [-0.3, -0.25) is 4.98 Å². The van der Waals surface area contributed by atoms with Crippen molar-refractivity contribution in [3.63, 3.8) is 0 Å². The van der Waals surface area contributed by atoms with Crippen molar-refractivity contribution < 1.29 is 4.39 Å². The first-order valence-corrected chi connectivity index (χ1v) is 5.87. The van der Waals surface area contributed by atoms with E-state index in [4.69, 9.17) is 0 Å². The molecule has 0 fully saturated rings. The Bertz CT molecular complexity index is 439. The van der Waals surface area contributed by atoms with Gasteiger partial charge in [0, 0.05) is 16.9 Å². The predicted octanol–water partition coefficient (Wildman–Crippen LogP) is 3.77. The van der Waals surface area contributed by atoms with Crippen LogP contribution in [-0.2, 0) is 12.8 Å². The molecule has 16 heavy (non-hydrogen) atoms. The summed E-state index contributed by atoms with van der Waals surface area (Å²) in [6, 6.07) is 8.75. The van der Waals surface area contributed by atoms with E-state index < -0.39 is 0 Å². The van der Waals surface area contributed by atoms with Gasteiger partial charge >= 0.3 is 0 Å². The van der Waals surface area contributed by atoms with Crippen LogP contribution in [0.15, 0.2) is 47.2 Å². The van der Waals surface area contributed by atoms with Gasteiger partial charge in [0.15, 0.2) is 0 Å². The standard InChI is InChI=1S/C13H11BrFN/c14-12-6-11(8-16-9-12)5-4-10-2-1-3-13(15)7-10/h1-3,6-9H,4-5H2. The van der Waals surface area contributed by atoms with E-state index in [1.165, 1.54) is 6.07 Å². The summed E-state index contributed by atoms with van der Waals surface area (Å²) in [7, 11) is 0. The third kappa shape index (κ3) is 3.14. The van der Waals surface area contributed by atoms with Crippen molar-refractivity contribution in [3.05, 3.63) is 64.1 Å². The SMILES string of the molecule is Fc1cccc(CCc2cncc(Br)c2)c1.